The second-order valence-corrected chi connectivity index (χ2v) is 6.12. The number of rotatable bonds is 3. The third-order valence-electron chi connectivity index (χ3n) is 4.61. The predicted molar refractivity (Wildman–Crippen MR) is 98.1 cm³/mol. The molecule has 1 aromatic carbocycles. The Morgan fingerprint density at radius 1 is 0.800 bits per heavy atom. The summed E-state index contributed by atoms with van der Waals surface area (Å²) in [5, 5.41) is 0. The summed E-state index contributed by atoms with van der Waals surface area (Å²) in [6.45, 7) is 3.16. The minimum Gasteiger partial charge on any atom is -0.368 e. The Morgan fingerprint density at radius 2 is 1.44 bits per heavy atom. The van der Waals surface area contributed by atoms with Crippen molar-refractivity contribution in [1.29, 1.82) is 0 Å². The van der Waals surface area contributed by atoms with E-state index in [-0.39, 0.29) is 5.91 Å². The average molecular weight is 332 g/mol. The number of piperazine rings is 1. The number of benzene rings is 1. The molecule has 3 aromatic rings. The molecule has 3 heterocycles. The summed E-state index contributed by atoms with van der Waals surface area (Å²) in [6, 6.07) is 15.8. The van der Waals surface area contributed by atoms with E-state index in [0.717, 1.165) is 43.1 Å². The molecule has 0 saturated carbocycles. The number of aromatic nitrogens is 2. The first kappa shape index (κ1) is 15.4. The zero-order chi connectivity index (χ0) is 17.1. The van der Waals surface area contributed by atoms with Crippen molar-refractivity contribution in [2.24, 2.45) is 0 Å². The number of amides is 1. The van der Waals surface area contributed by atoms with Crippen LogP contribution in [0.4, 0.5) is 5.69 Å². The molecule has 0 atom stereocenters. The Hall–Kier alpha value is -3.08. The quantitative estimate of drug-likeness (QED) is 0.741. The van der Waals surface area contributed by atoms with Crippen LogP contribution in [-0.2, 0) is 0 Å². The standard InChI is InChI=1S/C20H20N4O/c25-20(17-3-5-18(6-4-17)22-11-1-2-12-22)24-15-13-23(14-16-24)19-7-9-21-10-8-19/h1-12H,13-16H2. The first-order chi connectivity index (χ1) is 12.3. The van der Waals surface area contributed by atoms with Gasteiger partial charge in [-0.2, -0.15) is 0 Å². The largest absolute Gasteiger partial charge is 0.368 e. The summed E-state index contributed by atoms with van der Waals surface area (Å²) in [7, 11) is 0. The van der Waals surface area contributed by atoms with E-state index in [2.05, 4.69) is 9.88 Å². The zero-order valence-corrected chi connectivity index (χ0v) is 14.0. The van der Waals surface area contributed by atoms with E-state index in [4.69, 9.17) is 0 Å². The van der Waals surface area contributed by atoms with Crippen molar-refractivity contribution in [2.75, 3.05) is 31.1 Å². The molecule has 5 nitrogen and oxygen atoms in total. The van der Waals surface area contributed by atoms with Gasteiger partial charge in [0, 0.05) is 67.9 Å². The van der Waals surface area contributed by atoms with Crippen LogP contribution < -0.4 is 4.90 Å². The van der Waals surface area contributed by atoms with Gasteiger partial charge in [-0.25, -0.2) is 0 Å². The van der Waals surface area contributed by atoms with E-state index in [1.54, 1.807) is 12.4 Å². The molecule has 5 heteroatoms. The summed E-state index contributed by atoms with van der Waals surface area (Å²) in [5.41, 5.74) is 2.97. The van der Waals surface area contributed by atoms with Gasteiger partial charge >= 0.3 is 0 Å². The number of pyridine rings is 1. The van der Waals surface area contributed by atoms with E-state index >= 15 is 0 Å². The molecule has 0 radical (unpaired) electrons. The van der Waals surface area contributed by atoms with Crippen molar-refractivity contribution in [1.82, 2.24) is 14.5 Å². The SMILES string of the molecule is O=C(c1ccc(-n2cccc2)cc1)N1CCN(c2ccncc2)CC1. The van der Waals surface area contributed by atoms with Gasteiger partial charge in [0.1, 0.15) is 0 Å². The van der Waals surface area contributed by atoms with Crippen LogP contribution in [0.2, 0.25) is 0 Å². The lowest BCUT2D eigenvalue weighted by Gasteiger charge is -2.36. The molecule has 0 bridgehead atoms. The minimum atomic E-state index is 0.105. The normalized spacial score (nSPS) is 14.6. The van der Waals surface area contributed by atoms with Crippen molar-refractivity contribution >= 4 is 11.6 Å². The highest BCUT2D eigenvalue weighted by Gasteiger charge is 2.22. The Balaban J connectivity index is 1.40. The number of hydrogen-bond acceptors (Lipinski definition) is 3. The van der Waals surface area contributed by atoms with Gasteiger partial charge in [0.25, 0.3) is 5.91 Å². The van der Waals surface area contributed by atoms with Crippen LogP contribution in [-0.4, -0.2) is 46.5 Å². The highest BCUT2D eigenvalue weighted by atomic mass is 16.2. The van der Waals surface area contributed by atoms with Crippen LogP contribution >= 0.6 is 0 Å². The number of carbonyl (C=O) groups is 1. The van der Waals surface area contributed by atoms with Crippen LogP contribution in [0.1, 0.15) is 10.4 Å². The molecular formula is C20H20N4O. The summed E-state index contributed by atoms with van der Waals surface area (Å²) < 4.78 is 2.03. The van der Waals surface area contributed by atoms with E-state index in [9.17, 15) is 4.79 Å². The molecule has 1 amide bonds. The van der Waals surface area contributed by atoms with E-state index in [0.29, 0.717) is 0 Å². The van der Waals surface area contributed by atoms with Gasteiger partial charge in [-0.3, -0.25) is 9.78 Å². The first-order valence-electron chi connectivity index (χ1n) is 8.49. The van der Waals surface area contributed by atoms with Crippen molar-refractivity contribution in [2.45, 2.75) is 0 Å². The number of nitrogens with zero attached hydrogens (tertiary/aromatic N) is 4. The molecule has 0 N–H and O–H groups in total. The lowest BCUT2D eigenvalue weighted by Crippen LogP contribution is -2.48. The van der Waals surface area contributed by atoms with Crippen molar-refractivity contribution < 1.29 is 4.79 Å². The predicted octanol–water partition coefficient (Wildman–Crippen LogP) is 2.83. The topological polar surface area (TPSA) is 41.4 Å². The third kappa shape index (κ3) is 3.26. The molecule has 0 spiro atoms. The van der Waals surface area contributed by atoms with Crippen LogP contribution in [0.3, 0.4) is 0 Å². The fourth-order valence-electron chi connectivity index (χ4n) is 3.19. The third-order valence-corrected chi connectivity index (χ3v) is 4.61. The van der Waals surface area contributed by atoms with Gasteiger partial charge in [0.15, 0.2) is 0 Å². The van der Waals surface area contributed by atoms with Gasteiger partial charge in [-0.15, -0.1) is 0 Å². The monoisotopic (exact) mass is 332 g/mol. The Labute approximate surface area is 147 Å². The average Bonchev–Trinajstić information content (AvgIpc) is 3.23. The Morgan fingerprint density at radius 3 is 2.08 bits per heavy atom. The molecule has 0 aliphatic carbocycles. The molecular weight excluding hydrogens is 312 g/mol. The maximum Gasteiger partial charge on any atom is 0.253 e. The molecule has 4 rings (SSSR count). The van der Waals surface area contributed by atoms with Crippen LogP contribution in [0.25, 0.3) is 5.69 Å². The smallest absolute Gasteiger partial charge is 0.253 e. The molecule has 2 aromatic heterocycles. The van der Waals surface area contributed by atoms with E-state index < -0.39 is 0 Å². The molecule has 1 fully saturated rings. The van der Waals surface area contributed by atoms with Crippen LogP contribution in [0, 0.1) is 0 Å². The lowest BCUT2D eigenvalue weighted by molar-refractivity contribution is 0.0747. The Kier molecular flexibility index (Phi) is 4.21. The fraction of sp³-hybridized carbons (Fsp3) is 0.200. The first-order valence-corrected chi connectivity index (χ1v) is 8.49. The number of hydrogen-bond donors (Lipinski definition) is 0. The molecule has 1 aliphatic rings. The highest BCUT2D eigenvalue weighted by Crippen LogP contribution is 2.17. The van der Waals surface area contributed by atoms with Crippen LogP contribution in [0.15, 0.2) is 73.3 Å². The lowest BCUT2D eigenvalue weighted by atomic mass is 10.1. The minimum absolute atomic E-state index is 0.105. The Bertz CT molecular complexity index is 820. The van der Waals surface area contributed by atoms with Gasteiger partial charge in [0.2, 0.25) is 0 Å². The summed E-state index contributed by atoms with van der Waals surface area (Å²) in [4.78, 5) is 21.0. The van der Waals surface area contributed by atoms with E-state index in [1.165, 1.54) is 0 Å². The van der Waals surface area contributed by atoms with Crippen LogP contribution in [0.5, 0.6) is 0 Å². The highest BCUT2D eigenvalue weighted by molar-refractivity contribution is 5.94. The van der Waals surface area contributed by atoms with Crippen molar-refractivity contribution in [3.63, 3.8) is 0 Å². The fourth-order valence-corrected chi connectivity index (χ4v) is 3.19. The maximum atomic E-state index is 12.7. The summed E-state index contributed by atoms with van der Waals surface area (Å²) in [5.74, 6) is 0.105. The second-order valence-electron chi connectivity index (χ2n) is 6.12. The van der Waals surface area contributed by atoms with Crippen molar-refractivity contribution in [3.05, 3.63) is 78.9 Å². The molecule has 1 saturated heterocycles. The summed E-state index contributed by atoms with van der Waals surface area (Å²) >= 11 is 0. The number of anilines is 1. The van der Waals surface area contributed by atoms with E-state index in [1.807, 2.05) is 70.4 Å². The van der Waals surface area contributed by atoms with Gasteiger partial charge < -0.3 is 14.4 Å². The van der Waals surface area contributed by atoms with Gasteiger partial charge in [-0.05, 0) is 48.5 Å². The molecule has 25 heavy (non-hydrogen) atoms. The summed E-state index contributed by atoms with van der Waals surface area (Å²) in [6.07, 6.45) is 7.60. The van der Waals surface area contributed by atoms with Crippen molar-refractivity contribution in [3.8, 4) is 5.69 Å². The molecule has 1 aliphatic heterocycles. The second kappa shape index (κ2) is 6.81. The zero-order valence-electron chi connectivity index (χ0n) is 14.0. The van der Waals surface area contributed by atoms with Gasteiger partial charge in [0.05, 0.1) is 0 Å². The molecule has 126 valence electrons. The van der Waals surface area contributed by atoms with Gasteiger partial charge in [-0.1, -0.05) is 0 Å². The number of carbonyl (C=O) groups excluding carboxylic acids is 1. The molecule has 0 unspecified atom stereocenters. The maximum absolute atomic E-state index is 12.7.